The molecule has 4 rings (SSSR count). The van der Waals surface area contributed by atoms with Crippen molar-refractivity contribution in [3.63, 3.8) is 0 Å². The molecule has 1 atom stereocenters. The second kappa shape index (κ2) is 7.77. The summed E-state index contributed by atoms with van der Waals surface area (Å²) in [6.45, 7) is 0.295. The van der Waals surface area contributed by atoms with Gasteiger partial charge in [0, 0.05) is 5.69 Å². The largest absolute Gasteiger partial charge is 0.497 e. The van der Waals surface area contributed by atoms with E-state index in [2.05, 4.69) is 0 Å². The molecule has 2 amide bonds. The van der Waals surface area contributed by atoms with Crippen LogP contribution in [0.2, 0.25) is 0 Å². The molecular formula is C23H21N3O3. The number of nitrogens with two attached hydrogens (primary N) is 1. The smallest absolute Gasteiger partial charge is 0.258 e. The topological polar surface area (TPSA) is 75.9 Å². The van der Waals surface area contributed by atoms with E-state index >= 15 is 0 Å². The van der Waals surface area contributed by atoms with Gasteiger partial charge in [-0.2, -0.15) is 0 Å². The second-order valence-corrected chi connectivity index (χ2v) is 6.75. The molecule has 0 fully saturated rings. The minimum absolute atomic E-state index is 0.295. The Morgan fingerprint density at radius 3 is 2.10 bits per heavy atom. The molecule has 29 heavy (non-hydrogen) atoms. The Morgan fingerprint density at radius 2 is 1.45 bits per heavy atom. The van der Waals surface area contributed by atoms with Crippen LogP contribution in [-0.2, 0) is 16.1 Å². The molecule has 0 saturated carbocycles. The molecule has 1 unspecified atom stereocenters. The molecule has 3 aromatic rings. The molecule has 0 saturated heterocycles. The van der Waals surface area contributed by atoms with Crippen LogP contribution >= 0.6 is 0 Å². The number of carbonyl (C=O) groups is 2. The van der Waals surface area contributed by atoms with Crippen LogP contribution in [0, 0.1) is 0 Å². The zero-order chi connectivity index (χ0) is 20.4. The monoisotopic (exact) mass is 387 g/mol. The van der Waals surface area contributed by atoms with E-state index in [1.165, 1.54) is 4.90 Å². The average Bonchev–Trinajstić information content (AvgIpc) is 2.84. The number of amides is 2. The van der Waals surface area contributed by atoms with Crippen molar-refractivity contribution < 1.29 is 14.3 Å². The molecule has 0 aromatic heterocycles. The van der Waals surface area contributed by atoms with Gasteiger partial charge in [-0.1, -0.05) is 42.5 Å². The SMILES string of the molecule is COc1ccc(CN2C(=O)C(N)C(=O)N(c3ccccc3)c3ccccc32)cc1. The molecule has 0 spiro atoms. The molecule has 1 heterocycles. The van der Waals surface area contributed by atoms with E-state index in [-0.39, 0.29) is 0 Å². The number of methoxy groups -OCH3 is 1. The average molecular weight is 387 g/mol. The molecule has 0 bridgehead atoms. The third-order valence-corrected chi connectivity index (χ3v) is 4.95. The first-order chi connectivity index (χ1) is 14.1. The van der Waals surface area contributed by atoms with Gasteiger partial charge in [-0.3, -0.25) is 14.5 Å². The minimum atomic E-state index is -1.29. The number of benzene rings is 3. The van der Waals surface area contributed by atoms with Gasteiger partial charge in [0.05, 0.1) is 25.0 Å². The number of fused-ring (bicyclic) bond motifs is 1. The molecule has 3 aromatic carbocycles. The van der Waals surface area contributed by atoms with E-state index in [1.54, 1.807) is 12.0 Å². The summed E-state index contributed by atoms with van der Waals surface area (Å²) < 4.78 is 5.20. The number of para-hydroxylation sites is 3. The number of hydrogen-bond acceptors (Lipinski definition) is 4. The normalized spacial score (nSPS) is 16.4. The predicted octanol–water partition coefficient (Wildman–Crippen LogP) is 3.23. The van der Waals surface area contributed by atoms with E-state index in [0.29, 0.717) is 23.6 Å². The van der Waals surface area contributed by atoms with Crippen LogP contribution in [0.1, 0.15) is 5.56 Å². The van der Waals surface area contributed by atoms with Crippen molar-refractivity contribution in [1.29, 1.82) is 0 Å². The highest BCUT2D eigenvalue weighted by atomic mass is 16.5. The van der Waals surface area contributed by atoms with E-state index in [9.17, 15) is 9.59 Å². The molecule has 6 nitrogen and oxygen atoms in total. The van der Waals surface area contributed by atoms with Gasteiger partial charge in [-0.15, -0.1) is 0 Å². The van der Waals surface area contributed by atoms with Crippen molar-refractivity contribution in [2.45, 2.75) is 12.6 Å². The maximum Gasteiger partial charge on any atom is 0.258 e. The minimum Gasteiger partial charge on any atom is -0.497 e. The summed E-state index contributed by atoms with van der Waals surface area (Å²) in [6, 6.07) is 22.7. The van der Waals surface area contributed by atoms with Gasteiger partial charge in [0.15, 0.2) is 6.04 Å². The van der Waals surface area contributed by atoms with E-state index < -0.39 is 17.9 Å². The molecule has 0 aliphatic carbocycles. The Morgan fingerprint density at radius 1 is 0.828 bits per heavy atom. The van der Waals surface area contributed by atoms with Gasteiger partial charge in [0.1, 0.15) is 5.75 Å². The maximum atomic E-state index is 13.2. The van der Waals surface area contributed by atoms with Crippen molar-refractivity contribution >= 4 is 28.9 Å². The van der Waals surface area contributed by atoms with Crippen LogP contribution in [0.3, 0.4) is 0 Å². The van der Waals surface area contributed by atoms with Gasteiger partial charge in [0.25, 0.3) is 11.8 Å². The zero-order valence-electron chi connectivity index (χ0n) is 16.0. The Hall–Kier alpha value is -3.64. The van der Waals surface area contributed by atoms with E-state index in [1.807, 2.05) is 78.9 Å². The molecular weight excluding hydrogens is 366 g/mol. The summed E-state index contributed by atoms with van der Waals surface area (Å²) in [5.74, 6) is -0.152. The zero-order valence-corrected chi connectivity index (χ0v) is 16.0. The van der Waals surface area contributed by atoms with E-state index in [4.69, 9.17) is 10.5 Å². The van der Waals surface area contributed by atoms with Gasteiger partial charge < -0.3 is 15.4 Å². The Bertz CT molecular complexity index is 1030. The Balaban J connectivity index is 1.80. The summed E-state index contributed by atoms with van der Waals surface area (Å²) in [6.07, 6.45) is 0. The highest BCUT2D eigenvalue weighted by Crippen LogP contribution is 2.38. The van der Waals surface area contributed by atoms with Crippen LogP contribution in [-0.4, -0.2) is 25.0 Å². The molecule has 1 aliphatic rings. The van der Waals surface area contributed by atoms with Gasteiger partial charge in [0.2, 0.25) is 0 Å². The van der Waals surface area contributed by atoms with Crippen molar-refractivity contribution in [2.75, 3.05) is 16.9 Å². The fourth-order valence-corrected chi connectivity index (χ4v) is 3.45. The molecule has 146 valence electrons. The quantitative estimate of drug-likeness (QED) is 0.698. The van der Waals surface area contributed by atoms with Crippen LogP contribution in [0.25, 0.3) is 0 Å². The lowest BCUT2D eigenvalue weighted by Gasteiger charge is -2.25. The summed E-state index contributed by atoms with van der Waals surface area (Å²) in [4.78, 5) is 29.4. The third kappa shape index (κ3) is 3.46. The number of hydrogen-bond donors (Lipinski definition) is 1. The molecule has 6 heteroatoms. The van der Waals surface area contributed by atoms with Gasteiger partial charge in [-0.05, 0) is 42.0 Å². The lowest BCUT2D eigenvalue weighted by atomic mass is 10.1. The fourth-order valence-electron chi connectivity index (χ4n) is 3.45. The highest BCUT2D eigenvalue weighted by molar-refractivity contribution is 6.22. The number of anilines is 3. The predicted molar refractivity (Wildman–Crippen MR) is 112 cm³/mol. The second-order valence-electron chi connectivity index (χ2n) is 6.75. The maximum absolute atomic E-state index is 13.2. The van der Waals surface area contributed by atoms with Crippen LogP contribution in [0.4, 0.5) is 17.1 Å². The standard InChI is InChI=1S/C23H21N3O3/c1-29-18-13-11-16(12-14-18)15-25-19-9-5-6-10-20(19)26(17-7-3-2-4-8-17)23(28)21(24)22(25)27/h2-14,21H,15,24H2,1H3. The van der Waals surface area contributed by atoms with E-state index in [0.717, 1.165) is 11.3 Å². The summed E-state index contributed by atoms with van der Waals surface area (Å²) in [5.41, 5.74) is 8.95. The summed E-state index contributed by atoms with van der Waals surface area (Å²) >= 11 is 0. The van der Waals surface area contributed by atoms with Gasteiger partial charge >= 0.3 is 0 Å². The Labute approximate surface area is 169 Å². The van der Waals surface area contributed by atoms with Crippen molar-refractivity contribution in [2.24, 2.45) is 5.73 Å². The third-order valence-electron chi connectivity index (χ3n) is 4.95. The first kappa shape index (κ1) is 18.7. The first-order valence-electron chi connectivity index (χ1n) is 9.28. The molecule has 0 radical (unpaired) electrons. The van der Waals surface area contributed by atoms with Gasteiger partial charge in [-0.25, -0.2) is 0 Å². The molecule has 1 aliphatic heterocycles. The molecule has 2 N–H and O–H groups in total. The summed E-state index contributed by atoms with van der Waals surface area (Å²) in [7, 11) is 1.60. The lowest BCUT2D eigenvalue weighted by molar-refractivity contribution is -0.127. The van der Waals surface area contributed by atoms with Crippen LogP contribution in [0.5, 0.6) is 5.75 Å². The van der Waals surface area contributed by atoms with Crippen molar-refractivity contribution in [3.8, 4) is 5.75 Å². The fraction of sp³-hybridized carbons (Fsp3) is 0.130. The number of ether oxygens (including phenoxy) is 1. The van der Waals surface area contributed by atoms with Crippen molar-refractivity contribution in [1.82, 2.24) is 0 Å². The number of carbonyl (C=O) groups excluding carboxylic acids is 2. The highest BCUT2D eigenvalue weighted by Gasteiger charge is 2.38. The summed E-state index contributed by atoms with van der Waals surface area (Å²) in [5, 5.41) is 0. The van der Waals surface area contributed by atoms with Crippen molar-refractivity contribution in [3.05, 3.63) is 84.4 Å². The number of rotatable bonds is 4. The lowest BCUT2D eigenvalue weighted by Crippen LogP contribution is -2.50. The number of nitrogens with zero attached hydrogens (tertiary/aromatic N) is 2. The Kier molecular flexibility index (Phi) is 5.01. The van der Waals surface area contributed by atoms with Crippen LogP contribution in [0.15, 0.2) is 78.9 Å². The first-order valence-corrected chi connectivity index (χ1v) is 9.28. The van der Waals surface area contributed by atoms with Crippen LogP contribution < -0.4 is 20.3 Å².